The van der Waals surface area contributed by atoms with E-state index >= 15 is 0 Å². The van der Waals surface area contributed by atoms with Gasteiger partial charge in [0.15, 0.2) is 0 Å². The van der Waals surface area contributed by atoms with Gasteiger partial charge in [-0.1, -0.05) is 30.3 Å². The van der Waals surface area contributed by atoms with Crippen LogP contribution in [0.3, 0.4) is 0 Å². The third kappa shape index (κ3) is 3.83. The Morgan fingerprint density at radius 1 is 1.05 bits per heavy atom. The molecule has 0 aliphatic carbocycles. The Hall–Kier alpha value is -1.84. The number of benzene rings is 2. The molecule has 2 aromatic carbocycles. The number of para-hydroxylation sites is 1. The fourth-order valence-electron chi connectivity index (χ4n) is 1.99. The topological polar surface area (TPSA) is 38.7 Å². The second kappa shape index (κ2) is 7.08. The van der Waals surface area contributed by atoms with Crippen LogP contribution in [0.25, 0.3) is 0 Å². The van der Waals surface area contributed by atoms with Crippen LogP contribution in [0.15, 0.2) is 48.5 Å². The first-order chi connectivity index (χ1) is 9.70. The van der Waals surface area contributed by atoms with E-state index in [1.54, 1.807) is 14.0 Å². The molecule has 0 aliphatic heterocycles. The summed E-state index contributed by atoms with van der Waals surface area (Å²) in [5, 5.41) is 9.73. The highest BCUT2D eigenvalue weighted by molar-refractivity contribution is 5.39. The quantitative estimate of drug-likeness (QED) is 0.871. The van der Waals surface area contributed by atoms with Crippen molar-refractivity contribution in [2.24, 2.45) is 0 Å². The van der Waals surface area contributed by atoms with Crippen molar-refractivity contribution in [1.29, 1.82) is 0 Å². The predicted octanol–water partition coefficient (Wildman–Crippen LogP) is 3.72. The summed E-state index contributed by atoms with van der Waals surface area (Å²) in [5.74, 6) is 1.45. The maximum Gasteiger partial charge on any atom is 0.133 e. The molecular weight excluding hydrogens is 252 g/mol. The van der Waals surface area contributed by atoms with Crippen molar-refractivity contribution in [3.63, 3.8) is 0 Å². The van der Waals surface area contributed by atoms with Crippen molar-refractivity contribution in [2.75, 3.05) is 13.7 Å². The fourth-order valence-corrected chi connectivity index (χ4v) is 1.99. The van der Waals surface area contributed by atoms with Gasteiger partial charge in [0.1, 0.15) is 11.5 Å². The van der Waals surface area contributed by atoms with Gasteiger partial charge in [-0.15, -0.1) is 0 Å². The second-order valence-electron chi connectivity index (χ2n) is 4.70. The molecule has 0 amide bonds. The highest BCUT2D eigenvalue weighted by Gasteiger charge is 2.08. The maximum absolute atomic E-state index is 9.73. The number of aliphatic hydroxyl groups is 1. The zero-order valence-corrected chi connectivity index (χ0v) is 11.9. The van der Waals surface area contributed by atoms with E-state index in [0.29, 0.717) is 12.4 Å². The zero-order chi connectivity index (χ0) is 14.4. The summed E-state index contributed by atoms with van der Waals surface area (Å²) >= 11 is 0. The molecule has 0 bridgehead atoms. The van der Waals surface area contributed by atoms with Crippen LogP contribution in [0.4, 0.5) is 0 Å². The van der Waals surface area contributed by atoms with E-state index in [1.807, 2.05) is 48.5 Å². The molecule has 20 heavy (non-hydrogen) atoms. The minimum atomic E-state index is -0.549. The SMILES string of the molecule is COCCc1ccc(Oc2ccccc2C(C)O)cc1. The molecule has 2 rings (SSSR count). The summed E-state index contributed by atoms with van der Waals surface area (Å²) in [5.41, 5.74) is 2.00. The predicted molar refractivity (Wildman–Crippen MR) is 79.2 cm³/mol. The van der Waals surface area contributed by atoms with Crippen LogP contribution in [0.1, 0.15) is 24.2 Å². The Morgan fingerprint density at radius 2 is 1.75 bits per heavy atom. The number of ether oxygens (including phenoxy) is 2. The zero-order valence-electron chi connectivity index (χ0n) is 11.9. The third-order valence-electron chi connectivity index (χ3n) is 3.12. The average Bonchev–Trinajstić information content (AvgIpc) is 2.47. The molecule has 1 atom stereocenters. The number of hydrogen-bond acceptors (Lipinski definition) is 3. The molecule has 0 spiro atoms. The summed E-state index contributed by atoms with van der Waals surface area (Å²) in [4.78, 5) is 0. The van der Waals surface area contributed by atoms with Crippen LogP contribution in [0.2, 0.25) is 0 Å². The first-order valence-corrected chi connectivity index (χ1v) is 6.73. The first kappa shape index (κ1) is 14.6. The minimum Gasteiger partial charge on any atom is -0.457 e. The van der Waals surface area contributed by atoms with Gasteiger partial charge in [-0.25, -0.2) is 0 Å². The summed E-state index contributed by atoms with van der Waals surface area (Å²) in [7, 11) is 1.70. The van der Waals surface area contributed by atoms with E-state index in [-0.39, 0.29) is 0 Å². The Balaban J connectivity index is 2.10. The Bertz CT molecular complexity index is 532. The maximum atomic E-state index is 9.73. The second-order valence-corrected chi connectivity index (χ2v) is 4.70. The van der Waals surface area contributed by atoms with Gasteiger partial charge in [-0.3, -0.25) is 0 Å². The van der Waals surface area contributed by atoms with E-state index in [0.717, 1.165) is 17.7 Å². The molecule has 0 aliphatic rings. The van der Waals surface area contributed by atoms with E-state index in [2.05, 4.69) is 0 Å². The molecule has 0 fully saturated rings. The summed E-state index contributed by atoms with van der Waals surface area (Å²) in [6, 6.07) is 15.4. The van der Waals surface area contributed by atoms with Crippen LogP contribution in [0, 0.1) is 0 Å². The largest absolute Gasteiger partial charge is 0.457 e. The lowest BCUT2D eigenvalue weighted by Gasteiger charge is -2.13. The van der Waals surface area contributed by atoms with E-state index in [4.69, 9.17) is 9.47 Å². The number of aliphatic hydroxyl groups excluding tert-OH is 1. The van der Waals surface area contributed by atoms with Crippen molar-refractivity contribution in [3.8, 4) is 11.5 Å². The van der Waals surface area contributed by atoms with Crippen molar-refractivity contribution in [1.82, 2.24) is 0 Å². The molecular formula is C17H20O3. The van der Waals surface area contributed by atoms with Gasteiger partial charge < -0.3 is 14.6 Å². The normalized spacial score (nSPS) is 12.2. The van der Waals surface area contributed by atoms with E-state index < -0.39 is 6.10 Å². The van der Waals surface area contributed by atoms with Gasteiger partial charge in [0.25, 0.3) is 0 Å². The molecule has 1 unspecified atom stereocenters. The molecule has 0 saturated carbocycles. The fraction of sp³-hybridized carbons (Fsp3) is 0.294. The smallest absolute Gasteiger partial charge is 0.133 e. The van der Waals surface area contributed by atoms with E-state index in [9.17, 15) is 5.11 Å². The minimum absolute atomic E-state index is 0.549. The Morgan fingerprint density at radius 3 is 2.40 bits per heavy atom. The molecule has 2 aromatic rings. The summed E-state index contributed by atoms with van der Waals surface area (Å²) in [6.07, 6.45) is 0.341. The number of methoxy groups -OCH3 is 1. The van der Waals surface area contributed by atoms with Crippen LogP contribution in [-0.2, 0) is 11.2 Å². The van der Waals surface area contributed by atoms with Crippen LogP contribution < -0.4 is 4.74 Å². The molecule has 1 N–H and O–H groups in total. The molecule has 0 saturated heterocycles. The molecule has 0 aromatic heterocycles. The molecule has 3 heteroatoms. The first-order valence-electron chi connectivity index (χ1n) is 6.73. The van der Waals surface area contributed by atoms with E-state index in [1.165, 1.54) is 5.56 Å². The molecule has 0 radical (unpaired) electrons. The molecule has 3 nitrogen and oxygen atoms in total. The van der Waals surface area contributed by atoms with Crippen molar-refractivity contribution in [3.05, 3.63) is 59.7 Å². The van der Waals surface area contributed by atoms with Gasteiger partial charge >= 0.3 is 0 Å². The Kier molecular flexibility index (Phi) is 5.16. The van der Waals surface area contributed by atoms with Crippen molar-refractivity contribution in [2.45, 2.75) is 19.4 Å². The standard InChI is InChI=1S/C17H20O3/c1-13(18)16-5-3-4-6-17(16)20-15-9-7-14(8-10-15)11-12-19-2/h3-10,13,18H,11-12H2,1-2H3. The lowest BCUT2D eigenvalue weighted by atomic mass is 10.1. The highest BCUT2D eigenvalue weighted by Crippen LogP contribution is 2.29. The van der Waals surface area contributed by atoms with Crippen LogP contribution >= 0.6 is 0 Å². The van der Waals surface area contributed by atoms with Gasteiger partial charge in [-0.2, -0.15) is 0 Å². The molecule has 106 valence electrons. The monoisotopic (exact) mass is 272 g/mol. The van der Waals surface area contributed by atoms with Gasteiger partial charge in [0.2, 0.25) is 0 Å². The number of rotatable bonds is 6. The van der Waals surface area contributed by atoms with Crippen molar-refractivity contribution < 1.29 is 14.6 Å². The third-order valence-corrected chi connectivity index (χ3v) is 3.12. The lowest BCUT2D eigenvalue weighted by molar-refractivity contribution is 0.195. The van der Waals surface area contributed by atoms with Gasteiger partial charge in [0, 0.05) is 12.7 Å². The van der Waals surface area contributed by atoms with Gasteiger partial charge in [0.05, 0.1) is 12.7 Å². The lowest BCUT2D eigenvalue weighted by Crippen LogP contribution is -1.96. The Labute approximate surface area is 119 Å². The van der Waals surface area contributed by atoms with Crippen LogP contribution in [-0.4, -0.2) is 18.8 Å². The summed E-state index contributed by atoms with van der Waals surface area (Å²) < 4.78 is 10.9. The number of hydrogen-bond donors (Lipinski definition) is 1. The summed E-state index contributed by atoms with van der Waals surface area (Å²) in [6.45, 7) is 2.45. The van der Waals surface area contributed by atoms with Crippen molar-refractivity contribution >= 4 is 0 Å². The van der Waals surface area contributed by atoms with Crippen LogP contribution in [0.5, 0.6) is 11.5 Å². The average molecular weight is 272 g/mol. The molecule has 0 heterocycles. The highest BCUT2D eigenvalue weighted by atomic mass is 16.5. The van der Waals surface area contributed by atoms with Gasteiger partial charge in [-0.05, 0) is 37.1 Å².